The maximum atomic E-state index is 12.5. The first kappa shape index (κ1) is 23.0. The molecular weight excluding hydrogens is 433 g/mol. The smallest absolute Gasteiger partial charge is 0.405 e. The van der Waals surface area contributed by atoms with Crippen LogP contribution in [0.15, 0.2) is 47.4 Å². The summed E-state index contributed by atoms with van der Waals surface area (Å²) >= 11 is 6.00. The van der Waals surface area contributed by atoms with Crippen LogP contribution in [0.3, 0.4) is 0 Å². The van der Waals surface area contributed by atoms with Gasteiger partial charge in [0.25, 0.3) is 5.91 Å². The molecule has 0 saturated heterocycles. The van der Waals surface area contributed by atoms with Crippen LogP contribution >= 0.6 is 11.6 Å². The molecule has 0 aliphatic rings. The van der Waals surface area contributed by atoms with Crippen LogP contribution in [-0.4, -0.2) is 26.7 Å². The first-order valence-corrected chi connectivity index (χ1v) is 10.2. The summed E-state index contributed by atoms with van der Waals surface area (Å²) in [6.45, 7) is 2.99. The number of carbonyl (C=O) groups is 1. The number of ether oxygens (including phenoxy) is 1. The second-order valence-corrected chi connectivity index (χ2v) is 8.38. The van der Waals surface area contributed by atoms with Gasteiger partial charge in [-0.15, -0.1) is 13.2 Å². The zero-order valence-corrected chi connectivity index (χ0v) is 17.0. The average molecular weight is 451 g/mol. The first-order chi connectivity index (χ1) is 13.4. The molecule has 0 bridgehead atoms. The standard InChI is InChI=1S/C18H18ClF3N2O4S/c1-11(2)24-29(26,27)13-7-8-15(19)14(9-13)17(25)23-10-12-5-3-4-6-16(12)28-18(20,21)22/h3-9,11,24H,10H2,1-2H3,(H,23,25). The van der Waals surface area contributed by atoms with Crippen LogP contribution < -0.4 is 14.8 Å². The summed E-state index contributed by atoms with van der Waals surface area (Å²) in [6.07, 6.45) is -4.88. The number of para-hydroxylation sites is 1. The lowest BCUT2D eigenvalue weighted by Crippen LogP contribution is -2.30. The molecule has 0 aliphatic carbocycles. The largest absolute Gasteiger partial charge is 0.573 e. The molecule has 2 rings (SSSR count). The van der Waals surface area contributed by atoms with E-state index in [1.165, 1.54) is 30.3 Å². The molecule has 2 aromatic rings. The fraction of sp³-hybridized carbons (Fsp3) is 0.278. The Morgan fingerprint density at radius 1 is 1.17 bits per heavy atom. The van der Waals surface area contributed by atoms with E-state index < -0.39 is 28.0 Å². The summed E-state index contributed by atoms with van der Waals surface area (Å²) in [5.41, 5.74) is -0.0490. The zero-order valence-electron chi connectivity index (χ0n) is 15.4. The van der Waals surface area contributed by atoms with Gasteiger partial charge in [-0.1, -0.05) is 29.8 Å². The van der Waals surface area contributed by atoms with E-state index in [9.17, 15) is 26.4 Å². The van der Waals surface area contributed by atoms with E-state index in [-0.39, 0.29) is 33.6 Å². The van der Waals surface area contributed by atoms with Crippen LogP contribution in [0.25, 0.3) is 0 Å². The highest BCUT2D eigenvalue weighted by molar-refractivity contribution is 7.89. The summed E-state index contributed by atoms with van der Waals surface area (Å²) in [6, 6.07) is 8.56. The highest BCUT2D eigenvalue weighted by Gasteiger charge is 2.32. The highest BCUT2D eigenvalue weighted by atomic mass is 35.5. The Morgan fingerprint density at radius 3 is 2.45 bits per heavy atom. The van der Waals surface area contributed by atoms with E-state index in [1.54, 1.807) is 13.8 Å². The molecule has 0 fully saturated rings. The molecule has 2 N–H and O–H groups in total. The maximum Gasteiger partial charge on any atom is 0.573 e. The van der Waals surface area contributed by atoms with Crippen LogP contribution in [0.5, 0.6) is 5.75 Å². The summed E-state index contributed by atoms with van der Waals surface area (Å²) in [4.78, 5) is 12.3. The van der Waals surface area contributed by atoms with Crippen LogP contribution in [-0.2, 0) is 16.6 Å². The van der Waals surface area contributed by atoms with Gasteiger partial charge in [-0.25, -0.2) is 13.1 Å². The Kier molecular flexibility index (Phi) is 7.15. The number of halogens is 4. The van der Waals surface area contributed by atoms with Crippen molar-refractivity contribution in [2.45, 2.75) is 37.7 Å². The molecule has 0 radical (unpaired) electrons. The predicted octanol–water partition coefficient (Wildman–Crippen LogP) is 3.86. The van der Waals surface area contributed by atoms with E-state index in [1.807, 2.05) is 0 Å². The fourth-order valence-electron chi connectivity index (χ4n) is 2.37. The molecule has 0 atom stereocenters. The van der Waals surface area contributed by atoms with Gasteiger partial charge < -0.3 is 10.1 Å². The van der Waals surface area contributed by atoms with Crippen molar-refractivity contribution >= 4 is 27.5 Å². The van der Waals surface area contributed by atoms with Crippen molar-refractivity contribution in [3.05, 3.63) is 58.6 Å². The third-order valence-electron chi connectivity index (χ3n) is 3.52. The van der Waals surface area contributed by atoms with Crippen molar-refractivity contribution < 1.29 is 31.1 Å². The van der Waals surface area contributed by atoms with Gasteiger partial charge in [-0.05, 0) is 38.1 Å². The molecule has 0 aliphatic heterocycles. The average Bonchev–Trinajstić information content (AvgIpc) is 2.58. The van der Waals surface area contributed by atoms with Crippen molar-refractivity contribution in [1.82, 2.24) is 10.0 Å². The van der Waals surface area contributed by atoms with Crippen molar-refractivity contribution in [2.24, 2.45) is 0 Å². The third kappa shape index (κ3) is 6.62. The Balaban J connectivity index is 2.22. The van der Waals surface area contributed by atoms with Crippen LogP contribution in [0.4, 0.5) is 13.2 Å². The quantitative estimate of drug-likeness (QED) is 0.671. The van der Waals surface area contributed by atoms with Gasteiger partial charge in [-0.3, -0.25) is 4.79 Å². The van der Waals surface area contributed by atoms with E-state index in [2.05, 4.69) is 14.8 Å². The number of hydrogen-bond acceptors (Lipinski definition) is 4. The van der Waals surface area contributed by atoms with Gasteiger partial charge in [0.2, 0.25) is 10.0 Å². The SMILES string of the molecule is CC(C)NS(=O)(=O)c1ccc(Cl)c(C(=O)NCc2ccccc2OC(F)(F)F)c1. The lowest BCUT2D eigenvalue weighted by molar-refractivity contribution is -0.274. The Hall–Kier alpha value is -2.30. The van der Waals surface area contributed by atoms with Gasteiger partial charge in [0.15, 0.2) is 0 Å². The van der Waals surface area contributed by atoms with E-state index in [0.717, 1.165) is 12.1 Å². The molecule has 1 amide bonds. The number of nitrogens with one attached hydrogen (secondary N) is 2. The topological polar surface area (TPSA) is 84.5 Å². The summed E-state index contributed by atoms with van der Waals surface area (Å²) < 4.78 is 68.4. The van der Waals surface area contributed by atoms with Crippen molar-refractivity contribution in [3.8, 4) is 5.75 Å². The molecule has 0 aromatic heterocycles. The second-order valence-electron chi connectivity index (χ2n) is 6.26. The van der Waals surface area contributed by atoms with E-state index >= 15 is 0 Å². The Bertz CT molecular complexity index is 995. The van der Waals surface area contributed by atoms with Crippen LogP contribution in [0, 0.1) is 0 Å². The zero-order chi connectivity index (χ0) is 21.8. The number of hydrogen-bond donors (Lipinski definition) is 2. The van der Waals surface area contributed by atoms with E-state index in [4.69, 9.17) is 11.6 Å². The Morgan fingerprint density at radius 2 is 1.83 bits per heavy atom. The number of sulfonamides is 1. The minimum atomic E-state index is -4.88. The van der Waals surface area contributed by atoms with Crippen molar-refractivity contribution in [2.75, 3.05) is 0 Å². The van der Waals surface area contributed by atoms with Gasteiger partial charge in [0, 0.05) is 18.2 Å². The fourth-order valence-corrected chi connectivity index (χ4v) is 3.85. The normalized spacial score (nSPS) is 12.1. The molecule has 0 saturated carbocycles. The maximum absolute atomic E-state index is 12.5. The molecule has 0 heterocycles. The number of amides is 1. The molecule has 0 spiro atoms. The van der Waals surface area contributed by atoms with E-state index in [0.29, 0.717) is 0 Å². The number of rotatable bonds is 7. The Labute approximate surface area is 171 Å². The number of alkyl halides is 3. The molecule has 158 valence electrons. The molecule has 11 heteroatoms. The minimum absolute atomic E-state index is 0.00850. The minimum Gasteiger partial charge on any atom is -0.405 e. The first-order valence-electron chi connectivity index (χ1n) is 8.33. The van der Waals surface area contributed by atoms with Crippen molar-refractivity contribution in [3.63, 3.8) is 0 Å². The molecular formula is C18H18ClF3N2O4S. The van der Waals surface area contributed by atoms with Gasteiger partial charge >= 0.3 is 6.36 Å². The predicted molar refractivity (Wildman–Crippen MR) is 101 cm³/mol. The number of benzene rings is 2. The summed E-state index contributed by atoms with van der Waals surface area (Å²) in [5, 5.41) is 2.41. The second kappa shape index (κ2) is 9.02. The lowest BCUT2D eigenvalue weighted by Gasteiger charge is -2.14. The molecule has 6 nitrogen and oxygen atoms in total. The van der Waals surface area contributed by atoms with Gasteiger partial charge in [0.05, 0.1) is 15.5 Å². The van der Waals surface area contributed by atoms with Crippen LogP contribution in [0.2, 0.25) is 5.02 Å². The van der Waals surface area contributed by atoms with Crippen LogP contribution in [0.1, 0.15) is 29.8 Å². The monoisotopic (exact) mass is 450 g/mol. The lowest BCUT2D eigenvalue weighted by atomic mass is 10.1. The summed E-state index contributed by atoms with van der Waals surface area (Å²) in [7, 11) is -3.86. The molecule has 29 heavy (non-hydrogen) atoms. The third-order valence-corrected chi connectivity index (χ3v) is 5.51. The molecule has 0 unspecified atom stereocenters. The molecule has 2 aromatic carbocycles. The number of carbonyl (C=O) groups excluding carboxylic acids is 1. The highest BCUT2D eigenvalue weighted by Crippen LogP contribution is 2.26. The van der Waals surface area contributed by atoms with Gasteiger partial charge in [-0.2, -0.15) is 0 Å². The summed E-state index contributed by atoms with van der Waals surface area (Å²) in [5.74, 6) is -1.21. The van der Waals surface area contributed by atoms with Crippen molar-refractivity contribution in [1.29, 1.82) is 0 Å². The van der Waals surface area contributed by atoms with Gasteiger partial charge in [0.1, 0.15) is 5.75 Å².